The highest BCUT2D eigenvalue weighted by atomic mass is 127. The zero-order chi connectivity index (χ0) is 61.4. The van der Waals surface area contributed by atoms with Gasteiger partial charge >= 0.3 is 5.97 Å². The molecule has 0 spiro atoms. The van der Waals surface area contributed by atoms with E-state index in [2.05, 4.69) is 165 Å². The number of hydrogen-bond donors (Lipinski definition) is 1. The standard InChI is InChI=1S/C67H113IO12Si3/c1-21-42(2)35-56-45(5)52-38-47(69)37-49-30-32-54-59(73-49)61(79-82(17,18)65(9,10)11)62(80-83(19,20)66(12,13)14)60(76-54)55(78-81(15,16)64(6,7)8)33-29-48(74-63(71)46-25-23-22-24-26-46)27-28-51-40-67(41-68)58(72-51)34-31-50(77-67)36-43(3)44(4)53(70)39-57(52)75-56/h22-26,29,33,42-43,45,48-62,70H,4,21,27-28,30-32,34-41H2,1-3,5-20H3/b33-29+/t42-,43-,45-,48?,49-,50?,51+,52-,53-,54+,55+,56-,57+,58+,59+,60+,61+,62-,67-/m1/s1. The number of aliphatic hydroxyl groups excluding tert-OH is 1. The molecule has 0 saturated carbocycles. The van der Waals surface area contributed by atoms with E-state index < -0.39 is 79.3 Å². The molecule has 2 unspecified atom stereocenters. The van der Waals surface area contributed by atoms with Gasteiger partial charge in [-0.3, -0.25) is 4.79 Å². The van der Waals surface area contributed by atoms with Crippen LogP contribution in [0.25, 0.3) is 0 Å². The summed E-state index contributed by atoms with van der Waals surface area (Å²) < 4.78 is 66.8. The van der Waals surface area contributed by atoms with E-state index in [4.69, 9.17) is 41.7 Å². The molecule has 8 aliphatic heterocycles. The van der Waals surface area contributed by atoms with E-state index in [1.165, 1.54) is 0 Å². The Morgan fingerprint density at radius 3 is 1.93 bits per heavy atom. The molecule has 1 aromatic rings. The van der Waals surface area contributed by atoms with Gasteiger partial charge in [-0.2, -0.15) is 0 Å². The van der Waals surface area contributed by atoms with Crippen molar-refractivity contribution in [2.45, 2.75) is 319 Å². The highest BCUT2D eigenvalue weighted by molar-refractivity contribution is 14.1. The number of benzene rings is 1. The highest BCUT2D eigenvalue weighted by Gasteiger charge is 2.59. The monoisotopic (exact) mass is 1320 g/mol. The Morgan fingerprint density at radius 2 is 1.33 bits per heavy atom. The lowest BCUT2D eigenvalue weighted by atomic mass is 9.79. The number of ketones is 1. The molecule has 0 radical (unpaired) electrons. The molecule has 472 valence electrons. The Labute approximate surface area is 519 Å². The van der Waals surface area contributed by atoms with Gasteiger partial charge in [0.2, 0.25) is 0 Å². The zero-order valence-electron chi connectivity index (χ0n) is 54.9. The number of aliphatic hydroxyl groups is 1. The summed E-state index contributed by atoms with van der Waals surface area (Å²) in [5.41, 5.74) is 0.810. The third kappa shape index (κ3) is 16.6. The topological polar surface area (TPSA) is 137 Å². The van der Waals surface area contributed by atoms with Gasteiger partial charge in [0.25, 0.3) is 0 Å². The molecular formula is C67H113IO12Si3. The lowest BCUT2D eigenvalue weighted by molar-refractivity contribution is -0.266. The summed E-state index contributed by atoms with van der Waals surface area (Å²) in [6.45, 7) is 47.7. The van der Waals surface area contributed by atoms with Crippen LogP contribution in [0.3, 0.4) is 0 Å². The van der Waals surface area contributed by atoms with Crippen LogP contribution in [-0.2, 0) is 46.5 Å². The van der Waals surface area contributed by atoms with Gasteiger partial charge in [-0.05, 0) is 153 Å². The lowest BCUT2D eigenvalue weighted by Gasteiger charge is -2.56. The Hall–Kier alpha value is -1.14. The number of alkyl halides is 1. The highest BCUT2D eigenvalue weighted by Crippen LogP contribution is 2.50. The van der Waals surface area contributed by atoms with Crippen LogP contribution in [0.4, 0.5) is 0 Å². The first-order valence-corrected chi connectivity index (χ1v) is 42.5. The summed E-state index contributed by atoms with van der Waals surface area (Å²) in [6, 6.07) is 9.23. The summed E-state index contributed by atoms with van der Waals surface area (Å²) in [6.07, 6.45) is 7.20. The number of Topliss-reactive ketones (excluding diaryl/α,β-unsaturated/α-hetero) is 1. The fourth-order valence-electron chi connectivity index (χ4n) is 12.9. The van der Waals surface area contributed by atoms with Crippen LogP contribution < -0.4 is 0 Å². The molecule has 83 heavy (non-hydrogen) atoms. The molecule has 19 atom stereocenters. The summed E-state index contributed by atoms with van der Waals surface area (Å²) in [7, 11) is -7.79. The van der Waals surface area contributed by atoms with Crippen molar-refractivity contribution in [3.63, 3.8) is 0 Å². The van der Waals surface area contributed by atoms with Gasteiger partial charge < -0.3 is 46.8 Å². The third-order valence-corrected chi connectivity index (χ3v) is 36.5. The van der Waals surface area contributed by atoms with Crippen molar-refractivity contribution in [2.24, 2.45) is 23.7 Å². The van der Waals surface area contributed by atoms with Crippen LogP contribution in [-0.4, -0.2) is 137 Å². The molecule has 1 N–H and O–H groups in total. The van der Waals surface area contributed by atoms with Crippen LogP contribution in [0.2, 0.25) is 54.4 Å². The number of fused-ring (bicyclic) bond motifs is 2. The number of esters is 1. The third-order valence-electron chi connectivity index (χ3n) is 21.8. The lowest BCUT2D eigenvalue weighted by Crippen LogP contribution is -2.69. The van der Waals surface area contributed by atoms with Crippen molar-refractivity contribution < 1.29 is 56.4 Å². The largest absolute Gasteiger partial charge is 0.455 e. The van der Waals surface area contributed by atoms with Crippen molar-refractivity contribution in [3.05, 3.63) is 60.2 Å². The average Bonchev–Trinajstić information content (AvgIpc) is 3.08. The summed E-state index contributed by atoms with van der Waals surface area (Å²) in [4.78, 5) is 29.1. The van der Waals surface area contributed by atoms with E-state index in [9.17, 15) is 14.7 Å². The van der Waals surface area contributed by atoms with E-state index in [0.717, 1.165) is 48.5 Å². The Bertz CT molecular complexity index is 2350. The van der Waals surface area contributed by atoms with Crippen LogP contribution in [0.5, 0.6) is 0 Å². The molecule has 5 fully saturated rings. The van der Waals surface area contributed by atoms with Crippen molar-refractivity contribution in [1.29, 1.82) is 0 Å². The Balaban J connectivity index is 1.35. The number of hydrogen-bond acceptors (Lipinski definition) is 12. The molecule has 5 saturated heterocycles. The van der Waals surface area contributed by atoms with E-state index in [1.54, 1.807) is 12.1 Å². The second kappa shape index (κ2) is 27.5. The normalized spacial score (nSPS) is 37.5. The summed E-state index contributed by atoms with van der Waals surface area (Å²) >= 11 is 2.48. The Morgan fingerprint density at radius 1 is 0.735 bits per heavy atom. The zero-order valence-corrected chi connectivity index (χ0v) is 60.0. The number of ether oxygens (including phenoxy) is 6. The molecular weight excluding hydrogens is 1210 g/mol. The fourth-order valence-corrected chi connectivity index (χ4v) is 17.7. The van der Waals surface area contributed by atoms with E-state index >= 15 is 0 Å². The minimum Gasteiger partial charge on any atom is -0.455 e. The Kier molecular flexibility index (Phi) is 23.0. The molecule has 0 aromatic heterocycles. The van der Waals surface area contributed by atoms with Gasteiger partial charge in [0, 0.05) is 30.1 Å². The number of carbonyl (C=O) groups is 2. The van der Waals surface area contributed by atoms with Crippen LogP contribution in [0.15, 0.2) is 54.6 Å². The average molecular weight is 1320 g/mol. The van der Waals surface area contributed by atoms with Gasteiger partial charge in [0.05, 0.1) is 60.5 Å². The number of halogens is 1. The van der Waals surface area contributed by atoms with Crippen LogP contribution in [0.1, 0.15) is 184 Å². The van der Waals surface area contributed by atoms with Crippen molar-refractivity contribution in [1.82, 2.24) is 0 Å². The van der Waals surface area contributed by atoms with Gasteiger partial charge in [-0.1, -0.05) is 150 Å². The van der Waals surface area contributed by atoms with Gasteiger partial charge in [-0.15, -0.1) is 0 Å². The maximum absolute atomic E-state index is 14.9. The van der Waals surface area contributed by atoms with E-state index in [1.807, 2.05) is 24.3 Å². The predicted molar refractivity (Wildman–Crippen MR) is 349 cm³/mol. The maximum Gasteiger partial charge on any atom is 0.338 e. The van der Waals surface area contributed by atoms with Gasteiger partial charge in [0.1, 0.15) is 41.9 Å². The maximum atomic E-state index is 14.9. The van der Waals surface area contributed by atoms with Crippen molar-refractivity contribution >= 4 is 59.3 Å². The smallest absolute Gasteiger partial charge is 0.338 e. The van der Waals surface area contributed by atoms with Gasteiger partial charge in [-0.25, -0.2) is 4.79 Å². The van der Waals surface area contributed by atoms with Crippen molar-refractivity contribution in [3.8, 4) is 0 Å². The minimum absolute atomic E-state index is 0.00364. The second-order valence-electron chi connectivity index (χ2n) is 31.1. The summed E-state index contributed by atoms with van der Waals surface area (Å²) in [5.74, 6) is 0.297. The van der Waals surface area contributed by atoms with Crippen molar-refractivity contribution in [2.75, 3.05) is 4.43 Å². The quantitative estimate of drug-likeness (QED) is 0.0701. The first-order valence-electron chi connectivity index (χ1n) is 32.2. The molecule has 9 rings (SSSR count). The fraction of sp³-hybridized carbons (Fsp3) is 0.821. The molecule has 8 aliphatic rings. The molecule has 1 aromatic carbocycles. The van der Waals surface area contributed by atoms with Crippen LogP contribution >= 0.6 is 22.6 Å². The summed E-state index contributed by atoms with van der Waals surface area (Å²) in [5, 5.41) is 11.6. The molecule has 8 heterocycles. The van der Waals surface area contributed by atoms with E-state index in [0.29, 0.717) is 50.0 Å². The van der Waals surface area contributed by atoms with Crippen LogP contribution in [0, 0.1) is 23.7 Å². The number of rotatable bonds is 12. The molecule has 0 amide bonds. The minimum atomic E-state index is -2.62. The first kappa shape index (κ1) is 69.3. The van der Waals surface area contributed by atoms with E-state index in [-0.39, 0.29) is 87.8 Å². The first-order chi connectivity index (χ1) is 38.5. The molecule has 7 bridgehead atoms. The predicted octanol–water partition coefficient (Wildman–Crippen LogP) is 15.7. The van der Waals surface area contributed by atoms with Gasteiger partial charge in [0.15, 0.2) is 25.0 Å². The molecule has 16 heteroatoms. The molecule has 12 nitrogen and oxygen atoms in total. The number of carbonyl (C=O) groups excluding carboxylic acids is 2. The SMILES string of the molecule is C=C1[C@H](C)CC2CC[C@@H]3O[C@@H](CCC(OC(=O)c4ccccc4)/C=C/[C@H](O[Si](C)(C)C(C)(C)C)[C@@H]4O[C@H]5CC[C@H](CC(=O)C[C@@H]6[C@@H](C)[C@@H](C[C@H](C)CC)O[C@H]6C[C@H]1O)O[C@@H]5[C@H](O[Si](C)(C)C(C)(C)C)[C@@H]4O[Si](C)(C)C(C)(C)C)C[C@]3(CI)O2. The second-order valence-corrected chi connectivity index (χ2v) is 46.1. The molecule has 0 aliphatic carbocycles.